The Balaban J connectivity index is 1.61. The van der Waals surface area contributed by atoms with Gasteiger partial charge in [-0.2, -0.15) is 0 Å². The van der Waals surface area contributed by atoms with Gasteiger partial charge in [0.25, 0.3) is 0 Å². The first kappa shape index (κ1) is 18.4. The second kappa shape index (κ2) is 8.30. The van der Waals surface area contributed by atoms with Crippen LogP contribution in [-0.2, 0) is 14.9 Å². The van der Waals surface area contributed by atoms with E-state index in [0.717, 1.165) is 58.8 Å². The quantitative estimate of drug-likeness (QED) is 0.809. The number of likely N-dealkylation sites (N-methyl/N-ethyl adjacent to an activating group) is 1. The molecule has 0 spiro atoms. The van der Waals surface area contributed by atoms with Gasteiger partial charge >= 0.3 is 0 Å². The predicted molar refractivity (Wildman–Crippen MR) is 99.7 cm³/mol. The molecule has 2 aliphatic rings. The maximum atomic E-state index is 12.0. The van der Waals surface area contributed by atoms with E-state index in [2.05, 4.69) is 40.1 Å². The first-order chi connectivity index (χ1) is 12.1. The van der Waals surface area contributed by atoms with Crippen molar-refractivity contribution >= 4 is 5.91 Å². The van der Waals surface area contributed by atoms with Crippen molar-refractivity contribution in [2.24, 2.45) is 0 Å². The van der Waals surface area contributed by atoms with Gasteiger partial charge in [-0.25, -0.2) is 0 Å². The Kier molecular flexibility index (Phi) is 6.10. The van der Waals surface area contributed by atoms with Crippen LogP contribution in [0.25, 0.3) is 0 Å². The van der Waals surface area contributed by atoms with E-state index in [9.17, 15) is 4.79 Å². The SMILES string of the molecule is CN(C)C(=O)CN1CCCN(C[C@@]2(c3ccccc3)CCOC2)CC1. The lowest BCUT2D eigenvalue weighted by atomic mass is 9.79. The molecule has 25 heavy (non-hydrogen) atoms. The second-order valence-corrected chi connectivity index (χ2v) is 7.64. The first-order valence-electron chi connectivity index (χ1n) is 9.37. The number of benzene rings is 1. The molecule has 1 amide bonds. The lowest BCUT2D eigenvalue weighted by Crippen LogP contribution is -2.43. The van der Waals surface area contributed by atoms with Crippen LogP contribution in [0.4, 0.5) is 0 Å². The summed E-state index contributed by atoms with van der Waals surface area (Å²) in [7, 11) is 3.66. The highest BCUT2D eigenvalue weighted by atomic mass is 16.5. The minimum absolute atomic E-state index is 0.121. The van der Waals surface area contributed by atoms with Gasteiger partial charge in [0.15, 0.2) is 0 Å². The van der Waals surface area contributed by atoms with Crippen LogP contribution < -0.4 is 0 Å². The summed E-state index contributed by atoms with van der Waals surface area (Å²) in [5.74, 6) is 0.193. The molecule has 1 aromatic carbocycles. The highest BCUT2D eigenvalue weighted by Gasteiger charge is 2.38. The number of ether oxygens (including phenoxy) is 1. The van der Waals surface area contributed by atoms with E-state index in [-0.39, 0.29) is 11.3 Å². The minimum atomic E-state index is 0.121. The fraction of sp³-hybridized carbons (Fsp3) is 0.650. The van der Waals surface area contributed by atoms with Crippen molar-refractivity contribution in [2.45, 2.75) is 18.3 Å². The summed E-state index contributed by atoms with van der Waals surface area (Å²) in [6.07, 6.45) is 2.21. The lowest BCUT2D eigenvalue weighted by molar-refractivity contribution is -0.129. The molecule has 1 atom stereocenters. The topological polar surface area (TPSA) is 36.0 Å². The van der Waals surface area contributed by atoms with Gasteiger partial charge in [0, 0.05) is 45.8 Å². The zero-order chi connectivity index (χ0) is 17.7. The number of amides is 1. The Morgan fingerprint density at radius 3 is 2.52 bits per heavy atom. The number of hydrogen-bond donors (Lipinski definition) is 0. The van der Waals surface area contributed by atoms with Crippen molar-refractivity contribution < 1.29 is 9.53 Å². The standard InChI is InChI=1S/C20H31N3O2/c1-21(2)19(24)15-22-10-6-11-23(13-12-22)16-20(9-14-25-17-20)18-7-4-3-5-8-18/h3-5,7-8H,6,9-17H2,1-2H3/t20-/m0/s1. The minimum Gasteiger partial charge on any atom is -0.380 e. The molecular formula is C20H31N3O2. The maximum absolute atomic E-state index is 12.0. The van der Waals surface area contributed by atoms with Crippen LogP contribution in [0.3, 0.4) is 0 Å². The van der Waals surface area contributed by atoms with E-state index >= 15 is 0 Å². The molecule has 0 unspecified atom stereocenters. The molecule has 0 aliphatic carbocycles. The van der Waals surface area contributed by atoms with Crippen LogP contribution in [0.1, 0.15) is 18.4 Å². The van der Waals surface area contributed by atoms with E-state index in [0.29, 0.717) is 6.54 Å². The fourth-order valence-corrected chi connectivity index (χ4v) is 3.94. The molecular weight excluding hydrogens is 314 g/mol. The Morgan fingerprint density at radius 1 is 1.12 bits per heavy atom. The molecule has 0 saturated carbocycles. The third-order valence-electron chi connectivity index (χ3n) is 5.55. The zero-order valence-electron chi connectivity index (χ0n) is 15.6. The molecule has 0 radical (unpaired) electrons. The number of rotatable bonds is 5. The van der Waals surface area contributed by atoms with E-state index in [1.807, 2.05) is 14.1 Å². The summed E-state index contributed by atoms with van der Waals surface area (Å²) in [5.41, 5.74) is 1.52. The number of nitrogens with zero attached hydrogens (tertiary/aromatic N) is 3. The molecule has 1 aromatic rings. The van der Waals surface area contributed by atoms with E-state index in [1.165, 1.54) is 5.56 Å². The molecule has 5 nitrogen and oxygen atoms in total. The summed E-state index contributed by atoms with van der Waals surface area (Å²) >= 11 is 0. The molecule has 2 heterocycles. The molecule has 0 N–H and O–H groups in total. The second-order valence-electron chi connectivity index (χ2n) is 7.64. The van der Waals surface area contributed by atoms with E-state index in [4.69, 9.17) is 4.74 Å². The van der Waals surface area contributed by atoms with Crippen LogP contribution >= 0.6 is 0 Å². The Morgan fingerprint density at radius 2 is 1.84 bits per heavy atom. The van der Waals surface area contributed by atoms with Gasteiger partial charge in [0.2, 0.25) is 5.91 Å². The Hall–Kier alpha value is -1.43. The summed E-state index contributed by atoms with van der Waals surface area (Å²) < 4.78 is 5.80. The van der Waals surface area contributed by atoms with Gasteiger partial charge in [-0.1, -0.05) is 30.3 Å². The highest BCUT2D eigenvalue weighted by Crippen LogP contribution is 2.34. The lowest BCUT2D eigenvalue weighted by Gasteiger charge is -2.34. The van der Waals surface area contributed by atoms with Crippen molar-refractivity contribution in [3.63, 3.8) is 0 Å². The number of carbonyl (C=O) groups is 1. The normalized spacial score (nSPS) is 25.7. The molecule has 138 valence electrons. The monoisotopic (exact) mass is 345 g/mol. The van der Waals surface area contributed by atoms with Gasteiger partial charge < -0.3 is 14.5 Å². The number of carbonyl (C=O) groups excluding carboxylic acids is 1. The van der Waals surface area contributed by atoms with E-state index < -0.39 is 0 Å². The van der Waals surface area contributed by atoms with Gasteiger partial charge in [0.05, 0.1) is 13.2 Å². The Bertz CT molecular complexity index is 555. The highest BCUT2D eigenvalue weighted by molar-refractivity contribution is 5.77. The molecule has 2 fully saturated rings. The summed E-state index contributed by atoms with van der Waals surface area (Å²) in [4.78, 5) is 18.5. The first-order valence-corrected chi connectivity index (χ1v) is 9.37. The van der Waals surface area contributed by atoms with Crippen LogP contribution in [0.2, 0.25) is 0 Å². The molecule has 3 rings (SSSR count). The van der Waals surface area contributed by atoms with Gasteiger partial charge in [-0.05, 0) is 31.5 Å². The van der Waals surface area contributed by atoms with Crippen LogP contribution in [-0.4, -0.2) is 87.2 Å². The van der Waals surface area contributed by atoms with Gasteiger partial charge in [-0.3, -0.25) is 9.69 Å². The molecule has 0 bridgehead atoms. The number of hydrogen-bond acceptors (Lipinski definition) is 4. The molecule has 2 saturated heterocycles. The van der Waals surface area contributed by atoms with Crippen LogP contribution in [0.15, 0.2) is 30.3 Å². The van der Waals surface area contributed by atoms with Crippen molar-refractivity contribution in [3.05, 3.63) is 35.9 Å². The largest absolute Gasteiger partial charge is 0.380 e. The third kappa shape index (κ3) is 4.60. The Labute approximate surface area is 151 Å². The van der Waals surface area contributed by atoms with E-state index in [1.54, 1.807) is 4.90 Å². The maximum Gasteiger partial charge on any atom is 0.236 e. The molecule has 2 aliphatic heterocycles. The molecule has 0 aromatic heterocycles. The summed E-state index contributed by atoms with van der Waals surface area (Å²) in [5, 5.41) is 0. The van der Waals surface area contributed by atoms with Crippen LogP contribution in [0.5, 0.6) is 0 Å². The third-order valence-corrected chi connectivity index (χ3v) is 5.55. The van der Waals surface area contributed by atoms with Crippen molar-refractivity contribution in [2.75, 3.05) is 66.6 Å². The zero-order valence-corrected chi connectivity index (χ0v) is 15.6. The summed E-state index contributed by atoms with van der Waals surface area (Å²) in [6, 6.07) is 10.8. The van der Waals surface area contributed by atoms with Crippen LogP contribution in [0, 0.1) is 0 Å². The van der Waals surface area contributed by atoms with Gasteiger partial charge in [0.1, 0.15) is 0 Å². The average Bonchev–Trinajstić information content (AvgIpc) is 2.99. The fourth-order valence-electron chi connectivity index (χ4n) is 3.94. The predicted octanol–water partition coefficient (Wildman–Crippen LogP) is 1.44. The molecule has 5 heteroatoms. The smallest absolute Gasteiger partial charge is 0.236 e. The average molecular weight is 345 g/mol. The van der Waals surface area contributed by atoms with Gasteiger partial charge in [-0.15, -0.1) is 0 Å². The van der Waals surface area contributed by atoms with Crippen molar-refractivity contribution in [1.82, 2.24) is 14.7 Å². The van der Waals surface area contributed by atoms with Crippen molar-refractivity contribution in [1.29, 1.82) is 0 Å². The van der Waals surface area contributed by atoms with Crippen molar-refractivity contribution in [3.8, 4) is 0 Å². The summed E-state index contributed by atoms with van der Waals surface area (Å²) in [6.45, 7) is 7.34.